The molecule has 0 spiro atoms. The summed E-state index contributed by atoms with van der Waals surface area (Å²) in [4.78, 5) is 12.4. The molecule has 0 aromatic carbocycles. The second-order valence-electron chi connectivity index (χ2n) is 4.31. The van der Waals surface area contributed by atoms with E-state index in [0.29, 0.717) is 11.7 Å². The molecule has 0 aliphatic carbocycles. The number of nitrogens with two attached hydrogens (primary N) is 1. The summed E-state index contributed by atoms with van der Waals surface area (Å²) in [6.07, 6.45) is 5.87. The number of aromatic nitrogens is 3. The van der Waals surface area contributed by atoms with Crippen LogP contribution < -0.4 is 5.73 Å². The molecule has 0 amide bonds. The summed E-state index contributed by atoms with van der Waals surface area (Å²) in [5.74, 6) is 0.909. The molecule has 0 bridgehead atoms. The first kappa shape index (κ1) is 11.5. The molecule has 0 unspecified atom stereocenters. The van der Waals surface area contributed by atoms with E-state index in [9.17, 15) is 0 Å². The highest BCUT2D eigenvalue weighted by Gasteiger charge is 2.12. The average Bonchev–Trinajstić information content (AvgIpc) is 2.30. The molecular formula is C13H16N4. The SMILES string of the molecule is CC(C)c1c(N)ncnc1Cc1ccncc1. The lowest BCUT2D eigenvalue weighted by atomic mass is 9.98. The monoisotopic (exact) mass is 228 g/mol. The van der Waals surface area contributed by atoms with E-state index in [2.05, 4.69) is 28.8 Å². The molecule has 4 nitrogen and oxygen atoms in total. The van der Waals surface area contributed by atoms with Gasteiger partial charge in [-0.3, -0.25) is 4.98 Å². The van der Waals surface area contributed by atoms with Gasteiger partial charge in [0, 0.05) is 24.4 Å². The van der Waals surface area contributed by atoms with Gasteiger partial charge in [0.1, 0.15) is 12.1 Å². The molecule has 2 N–H and O–H groups in total. The first-order valence-corrected chi connectivity index (χ1v) is 5.66. The van der Waals surface area contributed by atoms with Gasteiger partial charge in [0.05, 0.1) is 5.69 Å². The lowest BCUT2D eigenvalue weighted by Crippen LogP contribution is -2.07. The topological polar surface area (TPSA) is 64.7 Å². The Bertz CT molecular complexity index is 494. The Morgan fingerprint density at radius 2 is 1.88 bits per heavy atom. The number of hydrogen-bond acceptors (Lipinski definition) is 4. The molecule has 0 saturated heterocycles. The van der Waals surface area contributed by atoms with E-state index in [0.717, 1.165) is 17.7 Å². The van der Waals surface area contributed by atoms with Crippen LogP contribution in [-0.4, -0.2) is 15.0 Å². The van der Waals surface area contributed by atoms with Crippen molar-refractivity contribution in [3.05, 3.63) is 47.7 Å². The van der Waals surface area contributed by atoms with Gasteiger partial charge in [0.15, 0.2) is 0 Å². The molecule has 2 heterocycles. The fraction of sp³-hybridized carbons (Fsp3) is 0.308. The van der Waals surface area contributed by atoms with Gasteiger partial charge in [0.25, 0.3) is 0 Å². The van der Waals surface area contributed by atoms with Crippen molar-refractivity contribution in [3.63, 3.8) is 0 Å². The van der Waals surface area contributed by atoms with Crippen LogP contribution in [0.25, 0.3) is 0 Å². The Labute approximate surface area is 101 Å². The minimum Gasteiger partial charge on any atom is -0.383 e. The average molecular weight is 228 g/mol. The molecule has 4 heteroatoms. The molecule has 0 aliphatic heterocycles. The molecule has 0 aliphatic rings. The van der Waals surface area contributed by atoms with Crippen molar-refractivity contribution < 1.29 is 0 Å². The molecule has 0 saturated carbocycles. The minimum absolute atomic E-state index is 0.327. The smallest absolute Gasteiger partial charge is 0.130 e. The lowest BCUT2D eigenvalue weighted by molar-refractivity contribution is 0.821. The van der Waals surface area contributed by atoms with Crippen molar-refractivity contribution in [1.29, 1.82) is 0 Å². The van der Waals surface area contributed by atoms with Gasteiger partial charge in [-0.2, -0.15) is 0 Å². The molecule has 0 fully saturated rings. The molecule has 0 atom stereocenters. The van der Waals surface area contributed by atoms with Gasteiger partial charge < -0.3 is 5.73 Å². The highest BCUT2D eigenvalue weighted by atomic mass is 14.9. The number of nitrogens with zero attached hydrogens (tertiary/aromatic N) is 3. The predicted molar refractivity (Wildman–Crippen MR) is 67.6 cm³/mol. The normalized spacial score (nSPS) is 10.8. The van der Waals surface area contributed by atoms with Crippen LogP contribution in [-0.2, 0) is 6.42 Å². The first-order chi connectivity index (χ1) is 8.18. The third-order valence-electron chi connectivity index (χ3n) is 2.70. The molecule has 2 aromatic heterocycles. The van der Waals surface area contributed by atoms with Crippen molar-refractivity contribution >= 4 is 5.82 Å². The maximum absolute atomic E-state index is 5.91. The molecule has 17 heavy (non-hydrogen) atoms. The van der Waals surface area contributed by atoms with Crippen LogP contribution in [0.15, 0.2) is 30.9 Å². The van der Waals surface area contributed by atoms with Crippen LogP contribution in [0.1, 0.15) is 36.6 Å². The number of pyridine rings is 1. The van der Waals surface area contributed by atoms with Crippen molar-refractivity contribution in [2.24, 2.45) is 0 Å². The number of hydrogen-bond donors (Lipinski definition) is 1. The molecule has 88 valence electrons. The van der Waals surface area contributed by atoms with Crippen LogP contribution in [0, 0.1) is 0 Å². The second kappa shape index (κ2) is 4.91. The standard InChI is InChI=1S/C13H16N4/c1-9(2)12-11(16-8-17-13(12)14)7-10-3-5-15-6-4-10/h3-6,8-9H,7H2,1-2H3,(H2,14,16,17). The predicted octanol–water partition coefficient (Wildman–Crippen LogP) is 2.17. The van der Waals surface area contributed by atoms with E-state index in [1.54, 1.807) is 12.4 Å². The van der Waals surface area contributed by atoms with Crippen LogP contribution in [0.4, 0.5) is 5.82 Å². The van der Waals surface area contributed by atoms with Gasteiger partial charge in [-0.25, -0.2) is 9.97 Å². The third kappa shape index (κ3) is 2.58. The highest BCUT2D eigenvalue weighted by Crippen LogP contribution is 2.24. The molecule has 2 aromatic rings. The largest absolute Gasteiger partial charge is 0.383 e. The molecular weight excluding hydrogens is 212 g/mol. The summed E-state index contributed by atoms with van der Waals surface area (Å²) in [6.45, 7) is 4.20. The third-order valence-corrected chi connectivity index (χ3v) is 2.70. The van der Waals surface area contributed by atoms with Gasteiger partial charge in [-0.1, -0.05) is 13.8 Å². The van der Waals surface area contributed by atoms with Gasteiger partial charge in [-0.15, -0.1) is 0 Å². The Hall–Kier alpha value is -1.97. The maximum atomic E-state index is 5.91. The van der Waals surface area contributed by atoms with Crippen molar-refractivity contribution in [1.82, 2.24) is 15.0 Å². The van der Waals surface area contributed by atoms with E-state index in [1.807, 2.05) is 12.1 Å². The van der Waals surface area contributed by atoms with Crippen molar-refractivity contribution in [2.75, 3.05) is 5.73 Å². The van der Waals surface area contributed by atoms with Crippen molar-refractivity contribution in [2.45, 2.75) is 26.2 Å². The van der Waals surface area contributed by atoms with E-state index in [1.165, 1.54) is 11.9 Å². The second-order valence-corrected chi connectivity index (χ2v) is 4.31. The van der Waals surface area contributed by atoms with E-state index in [-0.39, 0.29) is 0 Å². The van der Waals surface area contributed by atoms with E-state index >= 15 is 0 Å². The Morgan fingerprint density at radius 1 is 1.18 bits per heavy atom. The zero-order valence-corrected chi connectivity index (χ0v) is 10.1. The van der Waals surface area contributed by atoms with Gasteiger partial charge in [-0.05, 0) is 23.6 Å². The van der Waals surface area contributed by atoms with E-state index in [4.69, 9.17) is 5.73 Å². The summed E-state index contributed by atoms with van der Waals surface area (Å²) in [7, 11) is 0. The zero-order chi connectivity index (χ0) is 12.3. The summed E-state index contributed by atoms with van der Waals surface area (Å²) in [5.41, 5.74) is 9.14. The quantitative estimate of drug-likeness (QED) is 0.874. The Kier molecular flexibility index (Phi) is 3.32. The summed E-state index contributed by atoms with van der Waals surface area (Å²) in [6, 6.07) is 3.98. The lowest BCUT2D eigenvalue weighted by Gasteiger charge is -2.13. The van der Waals surface area contributed by atoms with Gasteiger partial charge >= 0.3 is 0 Å². The number of anilines is 1. The number of rotatable bonds is 3. The summed E-state index contributed by atoms with van der Waals surface area (Å²) in [5, 5.41) is 0. The van der Waals surface area contributed by atoms with Crippen LogP contribution in [0.2, 0.25) is 0 Å². The Morgan fingerprint density at radius 3 is 2.53 bits per heavy atom. The first-order valence-electron chi connectivity index (χ1n) is 5.66. The Balaban J connectivity index is 2.36. The number of nitrogen functional groups attached to an aromatic ring is 1. The minimum atomic E-state index is 0.327. The summed E-state index contributed by atoms with van der Waals surface area (Å²) < 4.78 is 0. The fourth-order valence-corrected chi connectivity index (χ4v) is 1.91. The summed E-state index contributed by atoms with van der Waals surface area (Å²) >= 11 is 0. The van der Waals surface area contributed by atoms with E-state index < -0.39 is 0 Å². The fourth-order valence-electron chi connectivity index (χ4n) is 1.91. The zero-order valence-electron chi connectivity index (χ0n) is 10.1. The maximum Gasteiger partial charge on any atom is 0.130 e. The highest BCUT2D eigenvalue weighted by molar-refractivity contribution is 5.44. The van der Waals surface area contributed by atoms with Crippen molar-refractivity contribution in [3.8, 4) is 0 Å². The van der Waals surface area contributed by atoms with Crippen LogP contribution in [0.5, 0.6) is 0 Å². The van der Waals surface area contributed by atoms with Crippen LogP contribution >= 0.6 is 0 Å². The van der Waals surface area contributed by atoms with Crippen LogP contribution in [0.3, 0.4) is 0 Å². The molecule has 2 rings (SSSR count). The van der Waals surface area contributed by atoms with Gasteiger partial charge in [0.2, 0.25) is 0 Å². The molecule has 0 radical (unpaired) electrons.